The van der Waals surface area contributed by atoms with E-state index in [0.29, 0.717) is 11.4 Å². The molecule has 0 fully saturated rings. The predicted molar refractivity (Wildman–Crippen MR) is 82.3 cm³/mol. The first kappa shape index (κ1) is 17.4. The van der Waals surface area contributed by atoms with Crippen molar-refractivity contribution in [2.45, 2.75) is 13.1 Å². The van der Waals surface area contributed by atoms with E-state index in [2.05, 4.69) is 5.32 Å². The van der Waals surface area contributed by atoms with E-state index in [4.69, 9.17) is 27.9 Å². The number of alkyl halides is 3. The van der Waals surface area contributed by atoms with E-state index in [1.54, 1.807) is 12.1 Å². The second-order valence-corrected chi connectivity index (χ2v) is 5.39. The largest absolute Gasteiger partial charge is 0.454 e. The molecule has 1 amide bonds. The summed E-state index contributed by atoms with van der Waals surface area (Å²) in [6.07, 6.45) is -4.55. The number of halogens is 5. The molecule has 0 saturated heterocycles. The van der Waals surface area contributed by atoms with Gasteiger partial charge in [-0.3, -0.25) is 4.79 Å². The molecule has 23 heavy (non-hydrogen) atoms. The average molecular weight is 364 g/mol. The maximum absolute atomic E-state index is 12.7. The van der Waals surface area contributed by atoms with Crippen LogP contribution in [-0.4, -0.2) is 5.91 Å². The number of hydrogen-bond donors (Lipinski definition) is 1. The highest BCUT2D eigenvalue weighted by Gasteiger charge is 2.32. The van der Waals surface area contributed by atoms with Crippen molar-refractivity contribution >= 4 is 34.8 Å². The van der Waals surface area contributed by atoms with Crippen LogP contribution in [0.2, 0.25) is 10.0 Å². The molecule has 122 valence electrons. The Kier molecular flexibility index (Phi) is 5.06. The Morgan fingerprint density at radius 1 is 1.09 bits per heavy atom. The van der Waals surface area contributed by atoms with E-state index >= 15 is 0 Å². The van der Waals surface area contributed by atoms with Gasteiger partial charge in [0.2, 0.25) is 5.91 Å². The zero-order valence-corrected chi connectivity index (χ0v) is 13.2. The van der Waals surface area contributed by atoms with Crippen molar-refractivity contribution in [1.82, 2.24) is 0 Å². The van der Waals surface area contributed by atoms with Gasteiger partial charge in [-0.1, -0.05) is 23.2 Å². The molecule has 0 aliphatic heterocycles. The molecule has 0 bridgehead atoms. The molecule has 0 radical (unpaired) electrons. The van der Waals surface area contributed by atoms with Gasteiger partial charge in [0.25, 0.3) is 0 Å². The zero-order chi connectivity index (χ0) is 17.2. The lowest BCUT2D eigenvalue weighted by atomic mass is 10.2. The van der Waals surface area contributed by atoms with E-state index in [1.165, 1.54) is 19.1 Å². The topological polar surface area (TPSA) is 38.3 Å². The van der Waals surface area contributed by atoms with Crippen molar-refractivity contribution in [2.75, 3.05) is 5.32 Å². The molecule has 0 aliphatic rings. The SMILES string of the molecule is CC(=O)Nc1ccc(Oc2c(Cl)cc(C(F)(F)F)cc2Cl)cc1. The number of ether oxygens (including phenoxy) is 1. The fraction of sp³-hybridized carbons (Fsp3) is 0.133. The van der Waals surface area contributed by atoms with E-state index in [1.807, 2.05) is 0 Å². The highest BCUT2D eigenvalue weighted by molar-refractivity contribution is 6.37. The Bertz CT molecular complexity index is 707. The molecule has 0 heterocycles. The van der Waals surface area contributed by atoms with Gasteiger partial charge in [-0.25, -0.2) is 0 Å². The quantitative estimate of drug-likeness (QED) is 0.752. The van der Waals surface area contributed by atoms with Crippen LogP contribution in [0, 0.1) is 0 Å². The van der Waals surface area contributed by atoms with Crippen LogP contribution in [-0.2, 0) is 11.0 Å². The van der Waals surface area contributed by atoms with Crippen LogP contribution in [0.5, 0.6) is 11.5 Å². The van der Waals surface area contributed by atoms with E-state index < -0.39 is 11.7 Å². The molecule has 0 spiro atoms. The Morgan fingerprint density at radius 3 is 2.04 bits per heavy atom. The van der Waals surface area contributed by atoms with Gasteiger partial charge in [0, 0.05) is 12.6 Å². The summed E-state index contributed by atoms with van der Waals surface area (Å²) in [6, 6.07) is 7.68. The second kappa shape index (κ2) is 6.68. The number of carbonyl (C=O) groups is 1. The molecule has 3 nitrogen and oxygen atoms in total. The van der Waals surface area contributed by atoms with Crippen molar-refractivity contribution in [3.05, 3.63) is 52.0 Å². The summed E-state index contributed by atoms with van der Waals surface area (Å²) in [5, 5.41) is 2.06. The van der Waals surface area contributed by atoms with Crippen molar-refractivity contribution < 1.29 is 22.7 Å². The number of benzene rings is 2. The number of carbonyl (C=O) groups excluding carboxylic acids is 1. The van der Waals surface area contributed by atoms with E-state index in [-0.39, 0.29) is 21.7 Å². The minimum absolute atomic E-state index is 0.0754. The Balaban J connectivity index is 2.25. The maximum atomic E-state index is 12.7. The predicted octanol–water partition coefficient (Wildman–Crippen LogP) is 5.76. The van der Waals surface area contributed by atoms with Crippen LogP contribution in [0.15, 0.2) is 36.4 Å². The molecule has 0 aromatic heterocycles. The van der Waals surface area contributed by atoms with Gasteiger partial charge >= 0.3 is 6.18 Å². The van der Waals surface area contributed by atoms with E-state index in [0.717, 1.165) is 12.1 Å². The minimum atomic E-state index is -4.55. The van der Waals surface area contributed by atoms with Crippen LogP contribution < -0.4 is 10.1 Å². The lowest BCUT2D eigenvalue weighted by Crippen LogP contribution is -2.05. The van der Waals surface area contributed by atoms with E-state index in [9.17, 15) is 18.0 Å². The fourth-order valence-electron chi connectivity index (χ4n) is 1.75. The van der Waals surface area contributed by atoms with Gasteiger partial charge in [-0.15, -0.1) is 0 Å². The third-order valence-corrected chi connectivity index (χ3v) is 3.28. The molecule has 2 aromatic rings. The van der Waals surface area contributed by atoms with Crippen LogP contribution in [0.1, 0.15) is 12.5 Å². The first-order chi connectivity index (χ1) is 10.7. The lowest BCUT2D eigenvalue weighted by Gasteiger charge is -2.13. The molecule has 0 unspecified atom stereocenters. The Hall–Kier alpha value is -1.92. The van der Waals surface area contributed by atoms with Crippen molar-refractivity contribution in [3.8, 4) is 11.5 Å². The molecular weight excluding hydrogens is 354 g/mol. The summed E-state index contributed by atoms with van der Waals surface area (Å²) in [7, 11) is 0. The van der Waals surface area contributed by atoms with Crippen molar-refractivity contribution in [1.29, 1.82) is 0 Å². The second-order valence-electron chi connectivity index (χ2n) is 4.57. The normalized spacial score (nSPS) is 11.2. The summed E-state index contributed by atoms with van der Waals surface area (Å²) in [6.45, 7) is 1.37. The summed E-state index contributed by atoms with van der Waals surface area (Å²) in [5.41, 5.74) is -0.407. The van der Waals surface area contributed by atoms with Crippen molar-refractivity contribution in [3.63, 3.8) is 0 Å². The number of rotatable bonds is 3. The molecule has 2 rings (SSSR count). The number of amides is 1. The van der Waals surface area contributed by atoms with Gasteiger partial charge < -0.3 is 10.1 Å². The van der Waals surface area contributed by atoms with Gasteiger partial charge in [0.15, 0.2) is 5.75 Å². The van der Waals surface area contributed by atoms with Gasteiger partial charge in [-0.05, 0) is 36.4 Å². The highest BCUT2D eigenvalue weighted by Crippen LogP contribution is 2.41. The standard InChI is InChI=1S/C15H10Cl2F3NO2/c1-8(22)21-10-2-4-11(5-3-10)23-14-12(16)6-9(7-13(14)17)15(18,19)20/h2-7H,1H3,(H,21,22). The summed E-state index contributed by atoms with van der Waals surface area (Å²) < 4.78 is 43.4. The number of anilines is 1. The van der Waals surface area contributed by atoms with Crippen LogP contribution >= 0.6 is 23.2 Å². The molecule has 0 saturated carbocycles. The summed E-state index contributed by atoms with van der Waals surface area (Å²) >= 11 is 11.6. The first-order valence-corrected chi connectivity index (χ1v) is 7.04. The van der Waals surface area contributed by atoms with Crippen LogP contribution in [0.4, 0.5) is 18.9 Å². The summed E-state index contributed by atoms with van der Waals surface area (Å²) in [4.78, 5) is 10.9. The van der Waals surface area contributed by atoms with Gasteiger partial charge in [0.05, 0.1) is 15.6 Å². The smallest absolute Gasteiger partial charge is 0.416 e. The Labute approximate surface area is 140 Å². The van der Waals surface area contributed by atoms with Gasteiger partial charge in [-0.2, -0.15) is 13.2 Å². The monoisotopic (exact) mass is 363 g/mol. The third kappa shape index (κ3) is 4.53. The zero-order valence-electron chi connectivity index (χ0n) is 11.7. The fourth-order valence-corrected chi connectivity index (χ4v) is 2.31. The van der Waals surface area contributed by atoms with Crippen LogP contribution in [0.3, 0.4) is 0 Å². The first-order valence-electron chi connectivity index (χ1n) is 6.28. The summed E-state index contributed by atoms with van der Waals surface area (Å²) in [5.74, 6) is 0.00349. The average Bonchev–Trinajstić information content (AvgIpc) is 2.42. The molecule has 8 heteroatoms. The molecule has 0 atom stereocenters. The molecule has 1 N–H and O–H groups in total. The maximum Gasteiger partial charge on any atom is 0.416 e. The third-order valence-electron chi connectivity index (χ3n) is 2.72. The lowest BCUT2D eigenvalue weighted by molar-refractivity contribution is -0.137. The highest BCUT2D eigenvalue weighted by atomic mass is 35.5. The molecule has 0 aliphatic carbocycles. The number of nitrogens with one attached hydrogen (secondary N) is 1. The minimum Gasteiger partial charge on any atom is -0.454 e. The van der Waals surface area contributed by atoms with Gasteiger partial charge in [0.1, 0.15) is 5.75 Å². The molecular formula is C15H10Cl2F3NO2. The number of hydrogen-bond acceptors (Lipinski definition) is 2. The van der Waals surface area contributed by atoms with Crippen LogP contribution in [0.25, 0.3) is 0 Å². The Morgan fingerprint density at radius 2 is 1.61 bits per heavy atom. The van der Waals surface area contributed by atoms with Crippen molar-refractivity contribution in [2.24, 2.45) is 0 Å². The molecule has 2 aromatic carbocycles.